The highest BCUT2D eigenvalue weighted by atomic mass is 16.2. The first-order valence-electron chi connectivity index (χ1n) is 8.39. The Hall–Kier alpha value is -2.10. The number of nitrogens with one attached hydrogen (secondary N) is 1. The van der Waals surface area contributed by atoms with Crippen LogP contribution >= 0.6 is 0 Å². The molecule has 0 bridgehead atoms. The van der Waals surface area contributed by atoms with Gasteiger partial charge in [-0.1, -0.05) is 44.2 Å². The molecular weight excluding hydrogens is 286 g/mol. The summed E-state index contributed by atoms with van der Waals surface area (Å²) in [5.74, 6) is 0.136. The van der Waals surface area contributed by atoms with Crippen LogP contribution < -0.4 is 5.32 Å². The maximum absolute atomic E-state index is 13.0. The number of carbonyl (C=O) groups is 1. The van der Waals surface area contributed by atoms with Gasteiger partial charge in [0.15, 0.2) is 0 Å². The number of imidazole rings is 1. The molecule has 0 unspecified atom stereocenters. The van der Waals surface area contributed by atoms with E-state index < -0.39 is 5.41 Å². The lowest BCUT2D eigenvalue weighted by molar-refractivity contribution is -0.124. The number of benzene rings is 1. The summed E-state index contributed by atoms with van der Waals surface area (Å²) in [7, 11) is 0. The molecule has 2 aliphatic rings. The van der Waals surface area contributed by atoms with Crippen molar-refractivity contribution in [3.63, 3.8) is 0 Å². The number of hydrogen-bond acceptors (Lipinski definition) is 2. The lowest BCUT2D eigenvalue weighted by atomic mass is 9.87. The second kappa shape index (κ2) is 4.95. The summed E-state index contributed by atoms with van der Waals surface area (Å²) in [4.78, 5) is 17.2. The Morgan fingerprint density at radius 3 is 2.61 bits per heavy atom. The van der Waals surface area contributed by atoms with E-state index in [0.717, 1.165) is 17.7 Å². The average Bonchev–Trinajstić information content (AvgIpc) is 3.43. The third kappa shape index (κ3) is 2.28. The van der Waals surface area contributed by atoms with Gasteiger partial charge in [0, 0.05) is 12.2 Å². The molecule has 1 atom stereocenters. The molecular formula is C19H23N3O. The molecule has 1 heterocycles. The van der Waals surface area contributed by atoms with E-state index in [1.807, 2.05) is 30.7 Å². The number of aromatic nitrogens is 2. The van der Waals surface area contributed by atoms with Crippen molar-refractivity contribution in [3.8, 4) is 0 Å². The zero-order chi connectivity index (χ0) is 16.1. The molecule has 0 radical (unpaired) electrons. The predicted molar refractivity (Wildman–Crippen MR) is 88.9 cm³/mol. The molecule has 0 spiro atoms. The molecule has 2 aromatic rings. The van der Waals surface area contributed by atoms with E-state index in [1.54, 1.807) is 0 Å². The van der Waals surface area contributed by atoms with E-state index in [2.05, 4.69) is 40.8 Å². The molecule has 1 aromatic heterocycles. The van der Waals surface area contributed by atoms with Crippen molar-refractivity contribution in [2.24, 2.45) is 5.41 Å². The second-order valence-electron chi connectivity index (χ2n) is 7.54. The Morgan fingerprint density at radius 1 is 1.30 bits per heavy atom. The second-order valence-corrected chi connectivity index (χ2v) is 7.54. The highest BCUT2D eigenvalue weighted by Gasteiger charge is 2.66. The largest absolute Gasteiger partial charge is 0.350 e. The van der Waals surface area contributed by atoms with E-state index in [-0.39, 0.29) is 11.3 Å². The van der Waals surface area contributed by atoms with Crippen LogP contribution in [0.2, 0.25) is 0 Å². The van der Waals surface area contributed by atoms with Crippen molar-refractivity contribution < 1.29 is 4.79 Å². The van der Waals surface area contributed by atoms with Crippen molar-refractivity contribution in [2.45, 2.75) is 51.1 Å². The van der Waals surface area contributed by atoms with Crippen LogP contribution in [0, 0.1) is 5.41 Å². The predicted octanol–water partition coefficient (Wildman–Crippen LogP) is 3.20. The van der Waals surface area contributed by atoms with Crippen molar-refractivity contribution in [2.75, 3.05) is 0 Å². The third-order valence-electron chi connectivity index (χ3n) is 5.51. The molecule has 4 nitrogen and oxygen atoms in total. The fraction of sp³-hybridized carbons (Fsp3) is 0.474. The molecule has 1 amide bonds. The van der Waals surface area contributed by atoms with E-state index in [1.165, 1.54) is 12.8 Å². The zero-order valence-corrected chi connectivity index (χ0v) is 13.7. The molecule has 1 N–H and O–H groups in total. The normalized spacial score (nSPS) is 25.1. The molecule has 0 aliphatic heterocycles. The minimum absolute atomic E-state index is 0.00910. The zero-order valence-electron chi connectivity index (χ0n) is 13.7. The minimum Gasteiger partial charge on any atom is -0.350 e. The lowest BCUT2D eigenvalue weighted by Crippen LogP contribution is -2.37. The van der Waals surface area contributed by atoms with Crippen LogP contribution in [-0.4, -0.2) is 15.5 Å². The van der Waals surface area contributed by atoms with E-state index >= 15 is 0 Å². The Balaban J connectivity index is 1.52. The molecule has 120 valence electrons. The number of rotatable bonds is 5. The maximum Gasteiger partial charge on any atom is 0.231 e. The highest BCUT2D eigenvalue weighted by Crippen LogP contribution is 2.64. The molecule has 2 saturated carbocycles. The summed E-state index contributed by atoms with van der Waals surface area (Å²) < 4.78 is 2.20. The summed E-state index contributed by atoms with van der Waals surface area (Å²) in [6.45, 7) is 4.90. The summed E-state index contributed by atoms with van der Waals surface area (Å²) in [5, 5.41) is 3.17. The Morgan fingerprint density at radius 2 is 2.00 bits per heavy atom. The maximum atomic E-state index is 13.0. The van der Waals surface area contributed by atoms with E-state index in [9.17, 15) is 4.79 Å². The van der Waals surface area contributed by atoms with Gasteiger partial charge in [0.2, 0.25) is 5.91 Å². The number of amides is 1. The standard InChI is InChI=1S/C19H23N3O/c1-18(2)12-19(18,14-6-4-3-5-7-14)17(23)21-11-16-10-20-13-22(16)15-8-9-15/h3-7,10,13,15H,8-9,11-12H2,1-2H3,(H,21,23)/t19-/m1/s1. The fourth-order valence-electron chi connectivity index (χ4n) is 3.83. The first-order valence-corrected chi connectivity index (χ1v) is 8.39. The van der Waals surface area contributed by atoms with Crippen molar-refractivity contribution in [1.82, 2.24) is 14.9 Å². The molecule has 0 saturated heterocycles. The lowest BCUT2D eigenvalue weighted by Gasteiger charge is -2.21. The smallest absolute Gasteiger partial charge is 0.231 e. The van der Waals surface area contributed by atoms with E-state index in [4.69, 9.17) is 0 Å². The molecule has 2 aliphatic carbocycles. The van der Waals surface area contributed by atoms with Crippen molar-refractivity contribution in [3.05, 3.63) is 54.1 Å². The van der Waals surface area contributed by atoms with Crippen molar-refractivity contribution in [1.29, 1.82) is 0 Å². The first-order chi connectivity index (χ1) is 11.0. The number of carbonyl (C=O) groups excluding carboxylic acids is 1. The van der Waals surface area contributed by atoms with Crippen LogP contribution in [-0.2, 0) is 16.8 Å². The van der Waals surface area contributed by atoms with E-state index in [0.29, 0.717) is 12.6 Å². The molecule has 4 heteroatoms. The molecule has 4 rings (SSSR count). The van der Waals surface area contributed by atoms with Gasteiger partial charge in [0.1, 0.15) is 0 Å². The molecule has 1 aromatic carbocycles. The Labute approximate surface area is 136 Å². The van der Waals surface area contributed by atoms with Gasteiger partial charge >= 0.3 is 0 Å². The van der Waals surface area contributed by atoms with Gasteiger partial charge < -0.3 is 9.88 Å². The molecule has 2 fully saturated rings. The summed E-state index contributed by atoms with van der Waals surface area (Å²) in [6, 6.07) is 10.8. The van der Waals surface area contributed by atoms with Crippen LogP contribution in [0.3, 0.4) is 0 Å². The minimum atomic E-state index is -0.390. The summed E-state index contributed by atoms with van der Waals surface area (Å²) in [5.41, 5.74) is 1.84. The summed E-state index contributed by atoms with van der Waals surface area (Å²) in [6.07, 6.45) is 7.09. The number of hydrogen-bond donors (Lipinski definition) is 1. The third-order valence-corrected chi connectivity index (χ3v) is 5.51. The van der Waals surface area contributed by atoms with Gasteiger partial charge in [-0.3, -0.25) is 4.79 Å². The fourth-order valence-corrected chi connectivity index (χ4v) is 3.83. The van der Waals surface area contributed by atoms with Crippen LogP contribution in [0.15, 0.2) is 42.9 Å². The van der Waals surface area contributed by atoms with Gasteiger partial charge in [0.25, 0.3) is 0 Å². The Kier molecular flexibility index (Phi) is 3.12. The quantitative estimate of drug-likeness (QED) is 0.922. The van der Waals surface area contributed by atoms with Gasteiger partial charge in [0.05, 0.1) is 24.0 Å². The average molecular weight is 309 g/mol. The number of nitrogens with zero attached hydrogens (tertiary/aromatic N) is 2. The summed E-state index contributed by atoms with van der Waals surface area (Å²) >= 11 is 0. The van der Waals surface area contributed by atoms with Gasteiger partial charge in [-0.25, -0.2) is 4.98 Å². The topological polar surface area (TPSA) is 46.9 Å². The Bertz CT molecular complexity index is 730. The van der Waals surface area contributed by atoms with Gasteiger partial charge in [-0.2, -0.15) is 0 Å². The highest BCUT2D eigenvalue weighted by molar-refractivity contribution is 5.93. The molecule has 23 heavy (non-hydrogen) atoms. The van der Waals surface area contributed by atoms with Crippen LogP contribution in [0.5, 0.6) is 0 Å². The first kappa shape index (κ1) is 14.5. The van der Waals surface area contributed by atoms with Gasteiger partial charge in [-0.05, 0) is 30.2 Å². The monoisotopic (exact) mass is 309 g/mol. The van der Waals surface area contributed by atoms with Gasteiger partial charge in [-0.15, -0.1) is 0 Å². The van der Waals surface area contributed by atoms with Crippen LogP contribution in [0.1, 0.15) is 50.4 Å². The van der Waals surface area contributed by atoms with Crippen LogP contribution in [0.25, 0.3) is 0 Å². The van der Waals surface area contributed by atoms with Crippen molar-refractivity contribution >= 4 is 5.91 Å². The SMILES string of the molecule is CC1(C)C[C@]1(C(=O)NCc1cncn1C1CC1)c1ccccc1. The van der Waals surface area contributed by atoms with Crippen LogP contribution in [0.4, 0.5) is 0 Å².